The van der Waals surface area contributed by atoms with Crippen molar-refractivity contribution in [3.05, 3.63) is 65.9 Å². The van der Waals surface area contributed by atoms with Crippen LogP contribution in [0.2, 0.25) is 0 Å². The van der Waals surface area contributed by atoms with Crippen LogP contribution in [-0.2, 0) is 25.7 Å². The molecular weight excluding hydrogens is 711 g/mol. The Bertz CT molecular complexity index is 2310. The summed E-state index contributed by atoms with van der Waals surface area (Å²) in [5.41, 5.74) is 6.83. The summed E-state index contributed by atoms with van der Waals surface area (Å²) >= 11 is 0. The molecule has 0 aliphatic carbocycles. The fourth-order valence-corrected chi connectivity index (χ4v) is 8.79. The molecule has 13 heteroatoms. The molecule has 3 amide bonds. The second kappa shape index (κ2) is 14.9. The van der Waals surface area contributed by atoms with E-state index in [1.165, 1.54) is 7.11 Å². The Kier molecular flexibility index (Phi) is 9.98. The molecule has 8 rings (SSSR count). The topological polar surface area (TPSA) is 155 Å². The number of hydrogen-bond donors (Lipinski definition) is 3. The second-order valence-corrected chi connectivity index (χ2v) is 16.2. The number of aromatic nitrogens is 4. The lowest BCUT2D eigenvalue weighted by Gasteiger charge is -2.32. The molecule has 6 unspecified atom stereocenters. The summed E-state index contributed by atoms with van der Waals surface area (Å²) in [6.07, 6.45) is 3.86. The normalized spacial score (nSPS) is 21.6. The van der Waals surface area contributed by atoms with Crippen molar-refractivity contribution < 1.29 is 28.6 Å². The van der Waals surface area contributed by atoms with E-state index in [9.17, 15) is 14.4 Å². The number of ether oxygens (including phenoxy) is 3. The average Bonchev–Trinajstić information content (AvgIpc) is 4.01. The summed E-state index contributed by atoms with van der Waals surface area (Å²) in [6.45, 7) is 11.1. The van der Waals surface area contributed by atoms with Crippen molar-refractivity contribution in [2.75, 3.05) is 20.8 Å². The molecule has 0 saturated carbocycles. The predicted octanol–water partition coefficient (Wildman–Crippen LogP) is 7.43. The van der Waals surface area contributed by atoms with Crippen molar-refractivity contribution in [1.29, 1.82) is 0 Å². The van der Waals surface area contributed by atoms with Crippen molar-refractivity contribution in [1.82, 2.24) is 35.1 Å². The van der Waals surface area contributed by atoms with Gasteiger partial charge in [0, 0.05) is 30.6 Å². The number of likely N-dealkylation sites (tertiary alicyclic amines) is 2. The van der Waals surface area contributed by atoms with Gasteiger partial charge in [-0.3, -0.25) is 9.59 Å². The van der Waals surface area contributed by atoms with E-state index in [0.29, 0.717) is 25.5 Å². The smallest absolute Gasteiger partial charge is 0.407 e. The van der Waals surface area contributed by atoms with Crippen LogP contribution in [-0.4, -0.2) is 86.6 Å². The van der Waals surface area contributed by atoms with Crippen molar-refractivity contribution >= 4 is 39.7 Å². The number of amides is 3. The Morgan fingerprint density at radius 1 is 0.982 bits per heavy atom. The Morgan fingerprint density at radius 3 is 2.57 bits per heavy atom. The van der Waals surface area contributed by atoms with Crippen LogP contribution in [0.15, 0.2) is 48.7 Å². The van der Waals surface area contributed by atoms with Crippen molar-refractivity contribution in [2.45, 2.75) is 97.2 Å². The van der Waals surface area contributed by atoms with Gasteiger partial charge in [-0.25, -0.2) is 14.8 Å². The van der Waals surface area contributed by atoms with Gasteiger partial charge in [-0.1, -0.05) is 39.0 Å². The van der Waals surface area contributed by atoms with E-state index in [1.54, 1.807) is 7.11 Å². The highest BCUT2D eigenvalue weighted by Gasteiger charge is 2.41. The molecule has 56 heavy (non-hydrogen) atoms. The molecule has 3 aliphatic rings. The molecule has 5 aromatic rings. The summed E-state index contributed by atoms with van der Waals surface area (Å²) in [5, 5.41) is 4.79. The lowest BCUT2D eigenvalue weighted by molar-refractivity contribution is -0.137. The number of nitrogens with zero attached hydrogens (tertiary/aromatic N) is 4. The summed E-state index contributed by atoms with van der Waals surface area (Å²) in [6, 6.07) is 13.8. The number of aromatic amines is 2. The van der Waals surface area contributed by atoms with E-state index in [1.807, 2.05) is 43.7 Å². The third kappa shape index (κ3) is 6.75. The monoisotopic (exact) mass is 761 g/mol. The van der Waals surface area contributed by atoms with Gasteiger partial charge >= 0.3 is 6.09 Å². The molecule has 3 N–H and O–H groups in total. The molecule has 2 aromatic heterocycles. The maximum Gasteiger partial charge on any atom is 0.407 e. The average molecular weight is 762 g/mol. The number of benzene rings is 3. The first kappa shape index (κ1) is 37.5. The zero-order valence-corrected chi connectivity index (χ0v) is 33.1. The fraction of sp³-hybridized carbons (Fsp3) is 0.465. The van der Waals surface area contributed by atoms with Gasteiger partial charge in [0.2, 0.25) is 11.8 Å². The Labute approximate surface area is 326 Å². The van der Waals surface area contributed by atoms with Gasteiger partial charge in [0.25, 0.3) is 0 Å². The Morgan fingerprint density at radius 2 is 1.80 bits per heavy atom. The largest absolute Gasteiger partial charge is 0.488 e. The lowest BCUT2D eigenvalue weighted by Crippen LogP contribution is -2.52. The minimum atomic E-state index is -0.706. The number of fused-ring (bicyclic) bond motifs is 6. The molecule has 294 valence electrons. The standard InChI is InChI=1S/C43H51N7O6/c1-22(2)38(48-43(53)55-7)42(52)50-24(4)8-13-34(50)40-44-19-33(46-40)27-9-11-29-28(16-27)21-56-36-18-30-26(17-31(29)36)10-12-32-39(30)47-41(45-32)35-14-23(3)20-49(35)37(51)15-25(5)54-6/h9-12,16-19,22-25,34-35,38H,8,13-15,20-21H2,1-7H3,(H,44,46)(H,45,47)(H,48,53). The molecule has 3 aliphatic heterocycles. The number of nitrogens with one attached hydrogen (secondary N) is 3. The number of H-pyrrole nitrogens is 2. The number of rotatable bonds is 9. The molecule has 13 nitrogen and oxygen atoms in total. The van der Waals surface area contributed by atoms with Gasteiger partial charge in [0.15, 0.2) is 0 Å². The van der Waals surface area contributed by atoms with Crippen LogP contribution in [0.1, 0.15) is 89.6 Å². The fourth-order valence-electron chi connectivity index (χ4n) is 8.79. The third-order valence-corrected chi connectivity index (χ3v) is 11.9. The molecule has 6 atom stereocenters. The quantitative estimate of drug-likeness (QED) is 0.140. The van der Waals surface area contributed by atoms with Crippen molar-refractivity contribution in [2.24, 2.45) is 11.8 Å². The summed E-state index contributed by atoms with van der Waals surface area (Å²) in [4.78, 5) is 59.9. The van der Waals surface area contributed by atoms with Crippen LogP contribution in [0.5, 0.6) is 5.75 Å². The zero-order valence-electron chi connectivity index (χ0n) is 33.1. The van der Waals surface area contributed by atoms with Crippen molar-refractivity contribution in [3.8, 4) is 28.1 Å². The molecule has 5 heterocycles. The van der Waals surface area contributed by atoms with E-state index in [0.717, 1.165) is 86.4 Å². The molecule has 3 aromatic carbocycles. The van der Waals surface area contributed by atoms with E-state index >= 15 is 0 Å². The van der Waals surface area contributed by atoms with Crippen LogP contribution < -0.4 is 10.1 Å². The first-order valence-corrected chi connectivity index (χ1v) is 19.7. The Balaban J connectivity index is 1.05. The van der Waals surface area contributed by atoms with E-state index < -0.39 is 12.1 Å². The van der Waals surface area contributed by atoms with E-state index in [4.69, 9.17) is 24.2 Å². The maximum atomic E-state index is 13.8. The summed E-state index contributed by atoms with van der Waals surface area (Å²) in [7, 11) is 2.93. The highest BCUT2D eigenvalue weighted by Crippen LogP contribution is 2.44. The zero-order chi connectivity index (χ0) is 39.4. The van der Waals surface area contributed by atoms with Crippen LogP contribution in [0.3, 0.4) is 0 Å². The highest BCUT2D eigenvalue weighted by molar-refractivity contribution is 6.07. The molecule has 0 radical (unpaired) electrons. The minimum Gasteiger partial charge on any atom is -0.488 e. The molecule has 2 saturated heterocycles. The lowest BCUT2D eigenvalue weighted by atomic mass is 9.92. The third-order valence-electron chi connectivity index (χ3n) is 11.9. The van der Waals surface area contributed by atoms with Crippen LogP contribution in [0.25, 0.3) is 44.2 Å². The first-order chi connectivity index (χ1) is 26.9. The van der Waals surface area contributed by atoms with Crippen molar-refractivity contribution in [3.63, 3.8) is 0 Å². The van der Waals surface area contributed by atoms with Gasteiger partial charge < -0.3 is 39.3 Å². The number of hydrogen-bond acceptors (Lipinski definition) is 8. The molecule has 0 spiro atoms. The number of imidazole rings is 2. The second-order valence-electron chi connectivity index (χ2n) is 16.2. The van der Waals surface area contributed by atoms with Gasteiger partial charge in [0.1, 0.15) is 30.0 Å². The van der Waals surface area contributed by atoms with E-state index in [2.05, 4.69) is 64.7 Å². The van der Waals surface area contributed by atoms with Gasteiger partial charge in [-0.05, 0) is 91.3 Å². The molecular formula is C43H51N7O6. The van der Waals surface area contributed by atoms with Gasteiger partial charge in [-0.2, -0.15) is 0 Å². The van der Waals surface area contributed by atoms with Crippen LogP contribution in [0.4, 0.5) is 4.79 Å². The molecule has 2 fully saturated rings. The number of carbonyl (C=O) groups is 3. The van der Waals surface area contributed by atoms with Gasteiger partial charge in [-0.15, -0.1) is 0 Å². The summed E-state index contributed by atoms with van der Waals surface area (Å²) < 4.78 is 16.6. The summed E-state index contributed by atoms with van der Waals surface area (Å²) in [5.74, 6) is 2.54. The van der Waals surface area contributed by atoms with Crippen LogP contribution in [0, 0.1) is 11.8 Å². The molecule has 0 bridgehead atoms. The maximum absolute atomic E-state index is 13.8. The Hall–Kier alpha value is -5.43. The number of methoxy groups -OCH3 is 2. The van der Waals surface area contributed by atoms with Crippen LogP contribution >= 0.6 is 0 Å². The van der Waals surface area contributed by atoms with E-state index in [-0.39, 0.29) is 42.0 Å². The predicted molar refractivity (Wildman–Crippen MR) is 213 cm³/mol. The highest BCUT2D eigenvalue weighted by atomic mass is 16.5. The number of alkyl carbamates (subject to hydrolysis) is 1. The first-order valence-electron chi connectivity index (χ1n) is 19.7. The number of carbonyl (C=O) groups excluding carboxylic acids is 3. The van der Waals surface area contributed by atoms with Gasteiger partial charge in [0.05, 0.1) is 54.6 Å². The minimum absolute atomic E-state index is 0.00244. The SMILES string of the molecule is COC(=O)NC(C(=O)N1C(C)CCC1c1ncc(-c2ccc3c(c2)COc2cc4c(ccc5[nH]c(C6CC(C)CN6C(=O)CC(C)OC)nc54)cc2-3)[nH]1)C(C)C.